The fourth-order valence-corrected chi connectivity index (χ4v) is 3.10. The largest absolute Gasteiger partial charge is 0.508 e. The van der Waals surface area contributed by atoms with Crippen LogP contribution < -0.4 is 5.56 Å². The van der Waals surface area contributed by atoms with E-state index < -0.39 is 0 Å². The predicted molar refractivity (Wildman–Crippen MR) is 90.1 cm³/mol. The second-order valence-corrected chi connectivity index (χ2v) is 6.09. The molecule has 4 rings (SSSR count). The van der Waals surface area contributed by atoms with Gasteiger partial charge in [-0.3, -0.25) is 9.69 Å². The first-order valence-electron chi connectivity index (χ1n) is 7.99. The Labute approximate surface area is 143 Å². The summed E-state index contributed by atoms with van der Waals surface area (Å²) in [6.45, 7) is 1.62. The molecule has 1 aromatic carbocycles. The molecule has 0 radical (unpaired) electrons. The van der Waals surface area contributed by atoms with Crippen molar-refractivity contribution in [2.45, 2.75) is 19.5 Å². The second-order valence-electron chi connectivity index (χ2n) is 6.09. The number of nitrogens with one attached hydrogen (secondary N) is 1. The van der Waals surface area contributed by atoms with E-state index in [0.717, 1.165) is 0 Å². The maximum absolute atomic E-state index is 12.3. The van der Waals surface area contributed by atoms with Crippen molar-refractivity contribution in [2.24, 2.45) is 0 Å². The van der Waals surface area contributed by atoms with Gasteiger partial charge in [-0.1, -0.05) is 0 Å². The molecule has 0 spiro atoms. The number of benzene rings is 1. The van der Waals surface area contributed by atoms with Gasteiger partial charge in [0.15, 0.2) is 11.6 Å². The third-order valence-corrected chi connectivity index (χ3v) is 4.36. The quantitative estimate of drug-likeness (QED) is 0.631. The van der Waals surface area contributed by atoms with Crippen LogP contribution in [0.3, 0.4) is 0 Å². The molecule has 0 fully saturated rings. The first kappa shape index (κ1) is 15.5. The number of phenols is 2. The number of aromatic amines is 1. The van der Waals surface area contributed by atoms with E-state index in [-0.39, 0.29) is 17.1 Å². The second kappa shape index (κ2) is 6.10. The minimum atomic E-state index is -0.142. The molecular weight excluding hydrogens is 322 g/mol. The summed E-state index contributed by atoms with van der Waals surface area (Å²) in [6, 6.07) is 7.95. The molecule has 3 heterocycles. The summed E-state index contributed by atoms with van der Waals surface area (Å²) in [4.78, 5) is 21.7. The van der Waals surface area contributed by atoms with E-state index in [2.05, 4.69) is 14.9 Å². The first-order chi connectivity index (χ1) is 12.1. The van der Waals surface area contributed by atoms with Gasteiger partial charge in [0.2, 0.25) is 0 Å². The maximum Gasteiger partial charge on any atom is 0.254 e. The molecule has 7 heteroatoms. The fourth-order valence-electron chi connectivity index (χ4n) is 3.10. The molecule has 25 heavy (non-hydrogen) atoms. The van der Waals surface area contributed by atoms with Crippen LogP contribution in [0, 0.1) is 0 Å². The van der Waals surface area contributed by atoms with Crippen LogP contribution in [0.5, 0.6) is 11.5 Å². The SMILES string of the molecule is O=c1[nH]c(-c2ccco2)nc2c1CCN(Cc1cc(O)ccc1O)C2. The summed E-state index contributed by atoms with van der Waals surface area (Å²) in [5, 5.41) is 19.6. The normalized spacial score (nSPS) is 14.4. The van der Waals surface area contributed by atoms with Gasteiger partial charge in [-0.05, 0) is 36.8 Å². The molecule has 0 amide bonds. The van der Waals surface area contributed by atoms with Gasteiger partial charge < -0.3 is 19.6 Å². The van der Waals surface area contributed by atoms with E-state index in [9.17, 15) is 15.0 Å². The number of phenolic OH excluding ortho intramolecular Hbond substituents is 2. The highest BCUT2D eigenvalue weighted by Gasteiger charge is 2.22. The number of fused-ring (bicyclic) bond motifs is 1. The van der Waals surface area contributed by atoms with Gasteiger partial charge in [0, 0.05) is 30.8 Å². The van der Waals surface area contributed by atoms with Crippen LogP contribution in [-0.4, -0.2) is 31.6 Å². The Balaban J connectivity index is 1.62. The monoisotopic (exact) mass is 339 g/mol. The number of nitrogens with zero attached hydrogens (tertiary/aromatic N) is 2. The van der Waals surface area contributed by atoms with Crippen molar-refractivity contribution in [3.8, 4) is 23.1 Å². The van der Waals surface area contributed by atoms with Crippen LogP contribution in [0.1, 0.15) is 16.8 Å². The number of aromatic nitrogens is 2. The predicted octanol–water partition coefficient (Wildman–Crippen LogP) is 2.00. The summed E-state index contributed by atoms with van der Waals surface area (Å²) in [5.41, 5.74) is 1.89. The molecule has 0 saturated carbocycles. The molecule has 2 aromatic heterocycles. The van der Waals surface area contributed by atoms with Crippen LogP contribution in [0.2, 0.25) is 0 Å². The molecule has 3 N–H and O–H groups in total. The Bertz CT molecular complexity index is 963. The van der Waals surface area contributed by atoms with Gasteiger partial charge in [0.25, 0.3) is 5.56 Å². The average molecular weight is 339 g/mol. The third kappa shape index (κ3) is 3.01. The van der Waals surface area contributed by atoms with Gasteiger partial charge >= 0.3 is 0 Å². The van der Waals surface area contributed by atoms with Crippen LogP contribution in [0.4, 0.5) is 0 Å². The lowest BCUT2D eigenvalue weighted by Gasteiger charge is -2.27. The molecule has 1 aliphatic heterocycles. The van der Waals surface area contributed by atoms with E-state index in [1.807, 2.05) is 0 Å². The first-order valence-corrected chi connectivity index (χ1v) is 7.99. The molecular formula is C18H17N3O4. The zero-order valence-corrected chi connectivity index (χ0v) is 13.4. The molecule has 1 aliphatic rings. The molecule has 128 valence electrons. The number of aromatic hydroxyl groups is 2. The Morgan fingerprint density at radius 1 is 1.28 bits per heavy atom. The van der Waals surface area contributed by atoms with Crippen molar-refractivity contribution in [3.63, 3.8) is 0 Å². The van der Waals surface area contributed by atoms with E-state index in [4.69, 9.17) is 4.42 Å². The number of furan rings is 1. The van der Waals surface area contributed by atoms with Gasteiger partial charge in [0.1, 0.15) is 11.5 Å². The molecule has 0 atom stereocenters. The number of rotatable bonds is 3. The van der Waals surface area contributed by atoms with Crippen molar-refractivity contribution in [1.29, 1.82) is 0 Å². The van der Waals surface area contributed by atoms with Gasteiger partial charge in [0.05, 0.1) is 12.0 Å². The highest BCUT2D eigenvalue weighted by atomic mass is 16.3. The Hall–Kier alpha value is -3.06. The van der Waals surface area contributed by atoms with Gasteiger partial charge in [-0.25, -0.2) is 4.98 Å². The number of hydrogen-bond acceptors (Lipinski definition) is 6. The Morgan fingerprint density at radius 3 is 2.96 bits per heavy atom. The van der Waals surface area contributed by atoms with E-state index in [1.165, 1.54) is 18.4 Å². The zero-order valence-electron chi connectivity index (χ0n) is 13.4. The van der Waals surface area contributed by atoms with E-state index in [1.54, 1.807) is 18.2 Å². The van der Waals surface area contributed by atoms with Crippen molar-refractivity contribution in [2.75, 3.05) is 6.54 Å². The van der Waals surface area contributed by atoms with Crippen LogP contribution in [0.15, 0.2) is 45.8 Å². The minimum absolute atomic E-state index is 0.111. The topological polar surface area (TPSA) is 103 Å². The van der Waals surface area contributed by atoms with Crippen LogP contribution >= 0.6 is 0 Å². The highest BCUT2D eigenvalue weighted by Crippen LogP contribution is 2.26. The zero-order chi connectivity index (χ0) is 17.4. The Morgan fingerprint density at radius 2 is 2.16 bits per heavy atom. The van der Waals surface area contributed by atoms with Crippen LogP contribution in [0.25, 0.3) is 11.6 Å². The Kier molecular flexibility index (Phi) is 3.77. The summed E-state index contributed by atoms with van der Waals surface area (Å²) in [5.74, 6) is 1.18. The standard InChI is InChI=1S/C18H17N3O4/c22-12-3-4-15(23)11(8-12)9-21-6-5-13-14(10-21)19-17(20-18(13)24)16-2-1-7-25-16/h1-4,7-8,22-23H,5-6,9-10H2,(H,19,20,24). The number of hydrogen-bond donors (Lipinski definition) is 3. The maximum atomic E-state index is 12.3. The lowest BCUT2D eigenvalue weighted by Crippen LogP contribution is -2.35. The summed E-state index contributed by atoms with van der Waals surface area (Å²) < 4.78 is 5.31. The van der Waals surface area contributed by atoms with Crippen molar-refractivity contribution in [3.05, 3.63) is 63.8 Å². The van der Waals surface area contributed by atoms with E-state index in [0.29, 0.717) is 54.5 Å². The minimum Gasteiger partial charge on any atom is -0.508 e. The number of H-pyrrole nitrogens is 1. The van der Waals surface area contributed by atoms with Crippen molar-refractivity contribution >= 4 is 0 Å². The van der Waals surface area contributed by atoms with Crippen molar-refractivity contribution < 1.29 is 14.6 Å². The average Bonchev–Trinajstić information content (AvgIpc) is 3.12. The lowest BCUT2D eigenvalue weighted by atomic mass is 10.0. The summed E-state index contributed by atoms with van der Waals surface area (Å²) >= 11 is 0. The lowest BCUT2D eigenvalue weighted by molar-refractivity contribution is 0.237. The molecule has 0 unspecified atom stereocenters. The molecule has 0 saturated heterocycles. The summed E-state index contributed by atoms with van der Waals surface area (Å²) in [6.07, 6.45) is 2.11. The summed E-state index contributed by atoms with van der Waals surface area (Å²) in [7, 11) is 0. The van der Waals surface area contributed by atoms with Crippen LogP contribution in [-0.2, 0) is 19.5 Å². The molecule has 0 aliphatic carbocycles. The smallest absolute Gasteiger partial charge is 0.254 e. The fraction of sp³-hybridized carbons (Fsp3) is 0.222. The third-order valence-electron chi connectivity index (χ3n) is 4.36. The molecule has 0 bridgehead atoms. The van der Waals surface area contributed by atoms with Crippen molar-refractivity contribution in [1.82, 2.24) is 14.9 Å². The molecule has 3 aromatic rings. The van der Waals surface area contributed by atoms with Gasteiger partial charge in [-0.15, -0.1) is 0 Å². The van der Waals surface area contributed by atoms with Gasteiger partial charge in [-0.2, -0.15) is 0 Å². The molecule has 7 nitrogen and oxygen atoms in total. The highest BCUT2D eigenvalue weighted by molar-refractivity contribution is 5.47. The van der Waals surface area contributed by atoms with E-state index >= 15 is 0 Å².